The third-order valence-electron chi connectivity index (χ3n) is 6.56. The number of carbonyl (C=O) groups excluding carboxylic acids is 1. The number of rotatable bonds is 4. The van der Waals surface area contributed by atoms with Crippen molar-refractivity contribution in [2.75, 3.05) is 19.5 Å². The maximum Gasteiger partial charge on any atom is 0.331 e. The number of hydrogen-bond acceptors (Lipinski definition) is 4. The highest BCUT2D eigenvalue weighted by Crippen LogP contribution is 2.56. The normalized spacial score (nSPS) is 24.9. The molecule has 0 unspecified atom stereocenters. The fourth-order valence-electron chi connectivity index (χ4n) is 4.90. The number of allylic oxidation sites excluding steroid dienone is 1. The van der Waals surface area contributed by atoms with Crippen LogP contribution in [0.15, 0.2) is 40.9 Å². The first kappa shape index (κ1) is 21.3. The predicted octanol–water partition coefficient (Wildman–Crippen LogP) is 6.24. The highest BCUT2D eigenvalue weighted by Gasteiger charge is 2.51. The molecule has 1 saturated carbocycles. The van der Waals surface area contributed by atoms with Crippen molar-refractivity contribution >= 4 is 45.3 Å². The Labute approximate surface area is 190 Å². The molecule has 1 N–H and O–H groups in total. The zero-order valence-corrected chi connectivity index (χ0v) is 19.7. The van der Waals surface area contributed by atoms with Crippen molar-refractivity contribution in [3.05, 3.63) is 62.6 Å². The first-order valence-electron chi connectivity index (χ1n) is 10.0. The Morgan fingerprint density at radius 1 is 1.13 bits per heavy atom. The molecule has 0 radical (unpaired) electrons. The second-order valence-electron chi connectivity index (χ2n) is 8.19. The minimum Gasteiger partial charge on any atom is -0.496 e. The Morgan fingerprint density at radius 2 is 1.87 bits per heavy atom. The van der Waals surface area contributed by atoms with Crippen molar-refractivity contribution in [1.29, 1.82) is 0 Å². The zero-order chi connectivity index (χ0) is 21.5. The van der Waals surface area contributed by atoms with Crippen molar-refractivity contribution in [1.82, 2.24) is 0 Å². The van der Waals surface area contributed by atoms with Crippen molar-refractivity contribution in [2.45, 2.75) is 43.6 Å². The van der Waals surface area contributed by atoms with E-state index in [4.69, 9.17) is 21.1 Å². The molecule has 158 valence electrons. The van der Waals surface area contributed by atoms with E-state index in [1.165, 1.54) is 22.7 Å². The lowest BCUT2D eigenvalue weighted by molar-refractivity contribution is -0.147. The molecule has 1 spiro atoms. The molecule has 6 heteroatoms. The van der Waals surface area contributed by atoms with E-state index in [0.29, 0.717) is 17.9 Å². The van der Waals surface area contributed by atoms with Gasteiger partial charge in [-0.3, -0.25) is 0 Å². The van der Waals surface area contributed by atoms with Crippen molar-refractivity contribution < 1.29 is 14.3 Å². The molecule has 0 bridgehead atoms. The highest BCUT2D eigenvalue weighted by molar-refractivity contribution is 9.11. The summed E-state index contributed by atoms with van der Waals surface area (Å²) in [5.41, 5.74) is 3.49. The van der Waals surface area contributed by atoms with Gasteiger partial charge in [-0.1, -0.05) is 33.6 Å². The molecule has 0 amide bonds. The molecular formula is C24H25BrClNO3. The van der Waals surface area contributed by atoms with Crippen molar-refractivity contribution in [3.8, 4) is 5.75 Å². The summed E-state index contributed by atoms with van der Waals surface area (Å²) in [4.78, 5) is 12.9. The lowest BCUT2D eigenvalue weighted by atomic mass is 9.65. The van der Waals surface area contributed by atoms with Crippen LogP contribution in [0.25, 0.3) is 6.08 Å². The van der Waals surface area contributed by atoms with Crippen LogP contribution in [0.2, 0.25) is 5.02 Å². The smallest absolute Gasteiger partial charge is 0.331 e. The van der Waals surface area contributed by atoms with Crippen LogP contribution in [0, 0.1) is 6.92 Å². The predicted molar refractivity (Wildman–Crippen MR) is 125 cm³/mol. The molecule has 0 atom stereocenters. The molecule has 2 aliphatic rings. The highest BCUT2D eigenvalue weighted by atomic mass is 79.9. The second-order valence-corrected chi connectivity index (χ2v) is 9.48. The molecule has 0 saturated heterocycles. The molecule has 30 heavy (non-hydrogen) atoms. The Balaban J connectivity index is 1.67. The molecule has 0 aliphatic heterocycles. The monoisotopic (exact) mass is 489 g/mol. The number of esters is 1. The number of hydrogen-bond donors (Lipinski definition) is 1. The Morgan fingerprint density at radius 3 is 2.50 bits per heavy atom. The van der Waals surface area contributed by atoms with Crippen LogP contribution in [0.5, 0.6) is 5.75 Å². The number of nitrogens with one attached hydrogen (secondary N) is 1. The Kier molecular flexibility index (Phi) is 5.62. The molecule has 0 aromatic heterocycles. The van der Waals surface area contributed by atoms with Crippen LogP contribution < -0.4 is 10.1 Å². The van der Waals surface area contributed by atoms with Crippen LogP contribution in [-0.2, 0) is 14.9 Å². The number of anilines is 1. The second kappa shape index (κ2) is 7.93. The van der Waals surface area contributed by atoms with E-state index in [-0.39, 0.29) is 11.4 Å². The van der Waals surface area contributed by atoms with Gasteiger partial charge in [0.25, 0.3) is 0 Å². The molecular weight excluding hydrogens is 466 g/mol. The lowest BCUT2D eigenvalue weighted by Gasteiger charge is -2.45. The summed E-state index contributed by atoms with van der Waals surface area (Å²) in [6.07, 6.45) is 5.12. The van der Waals surface area contributed by atoms with Gasteiger partial charge in [-0.2, -0.15) is 0 Å². The summed E-state index contributed by atoms with van der Waals surface area (Å²) in [5, 5.41) is 4.07. The summed E-state index contributed by atoms with van der Waals surface area (Å²) in [7, 11) is 3.15. The van der Waals surface area contributed by atoms with Gasteiger partial charge in [-0.25, -0.2) is 4.79 Å². The molecule has 2 aromatic rings. The van der Waals surface area contributed by atoms with Gasteiger partial charge in [-0.15, -0.1) is 0 Å². The summed E-state index contributed by atoms with van der Waals surface area (Å²) in [6.45, 7) is 2.06. The molecule has 2 aromatic carbocycles. The lowest BCUT2D eigenvalue weighted by Crippen LogP contribution is -2.52. The summed E-state index contributed by atoms with van der Waals surface area (Å²) in [5.74, 6) is 0.655. The van der Waals surface area contributed by atoms with Crippen LogP contribution in [0.3, 0.4) is 0 Å². The number of ether oxygens (including phenoxy) is 2. The van der Waals surface area contributed by atoms with Gasteiger partial charge in [0.2, 0.25) is 0 Å². The molecule has 2 aliphatic carbocycles. The Hall–Kier alpha value is -1.98. The van der Waals surface area contributed by atoms with Gasteiger partial charge in [0, 0.05) is 20.6 Å². The van der Waals surface area contributed by atoms with Gasteiger partial charge < -0.3 is 14.8 Å². The minimum atomic E-state index is -0.782. The minimum absolute atomic E-state index is 0.149. The summed E-state index contributed by atoms with van der Waals surface area (Å²) >= 11 is 10.00. The quantitative estimate of drug-likeness (QED) is 0.515. The number of aryl methyl sites for hydroxylation is 1. The number of benzene rings is 2. The summed E-state index contributed by atoms with van der Waals surface area (Å²) in [6, 6.07) is 11.8. The van der Waals surface area contributed by atoms with E-state index >= 15 is 0 Å². The van der Waals surface area contributed by atoms with Gasteiger partial charge in [0.15, 0.2) is 0 Å². The molecule has 4 nitrogen and oxygen atoms in total. The fourth-order valence-corrected chi connectivity index (χ4v) is 5.94. The standard InChI is InChI=1S/C24H25BrClNO3/c1-15-11-16-12-21(25)23(19(16)14-20(15)29-2)7-9-24(10-8-23,22(28)30-3)27-18-6-4-5-17(26)13-18/h4-6,11-14,27H,7-10H2,1-3H3. The maximum absolute atomic E-state index is 12.9. The van der Waals surface area contributed by atoms with Gasteiger partial charge >= 0.3 is 5.97 Å². The number of halogens is 2. The van der Waals surface area contributed by atoms with Crippen LogP contribution in [0.1, 0.15) is 42.4 Å². The van der Waals surface area contributed by atoms with Gasteiger partial charge in [0.05, 0.1) is 14.2 Å². The third-order valence-corrected chi connectivity index (χ3v) is 7.79. The average Bonchev–Trinajstić information content (AvgIpc) is 2.99. The molecule has 4 rings (SSSR count). The largest absolute Gasteiger partial charge is 0.496 e. The SMILES string of the molecule is COC(=O)C1(Nc2cccc(Cl)c2)CCC2(CC1)C(Br)=Cc1cc(C)c(OC)cc12. The first-order valence-corrected chi connectivity index (χ1v) is 11.2. The third kappa shape index (κ3) is 3.42. The Bertz CT molecular complexity index is 1030. The average molecular weight is 491 g/mol. The van der Waals surface area contributed by atoms with Gasteiger partial charge in [-0.05, 0) is 85.7 Å². The fraction of sp³-hybridized carbons (Fsp3) is 0.375. The first-order chi connectivity index (χ1) is 14.3. The van der Waals surface area contributed by atoms with Crippen molar-refractivity contribution in [3.63, 3.8) is 0 Å². The number of fused-ring (bicyclic) bond motifs is 2. The molecule has 1 fully saturated rings. The molecule has 0 heterocycles. The van der Waals surface area contributed by atoms with E-state index in [1.54, 1.807) is 7.11 Å². The van der Waals surface area contributed by atoms with Crippen LogP contribution in [0.4, 0.5) is 5.69 Å². The van der Waals surface area contributed by atoms with E-state index in [2.05, 4.69) is 46.4 Å². The van der Waals surface area contributed by atoms with E-state index in [0.717, 1.165) is 29.8 Å². The maximum atomic E-state index is 12.9. The van der Waals surface area contributed by atoms with Crippen LogP contribution >= 0.6 is 27.5 Å². The van der Waals surface area contributed by atoms with E-state index in [1.807, 2.05) is 24.3 Å². The van der Waals surface area contributed by atoms with E-state index in [9.17, 15) is 4.79 Å². The van der Waals surface area contributed by atoms with Crippen LogP contribution in [-0.4, -0.2) is 25.7 Å². The van der Waals surface area contributed by atoms with Crippen molar-refractivity contribution in [2.24, 2.45) is 0 Å². The summed E-state index contributed by atoms with van der Waals surface area (Å²) < 4.78 is 12.0. The van der Waals surface area contributed by atoms with Gasteiger partial charge in [0.1, 0.15) is 11.3 Å². The van der Waals surface area contributed by atoms with E-state index < -0.39 is 5.54 Å². The zero-order valence-electron chi connectivity index (χ0n) is 17.4. The number of carbonyl (C=O) groups is 1. The topological polar surface area (TPSA) is 47.6 Å². The number of methoxy groups -OCH3 is 2.